The van der Waals surface area contributed by atoms with Crippen molar-refractivity contribution in [3.8, 4) is 0 Å². The summed E-state index contributed by atoms with van der Waals surface area (Å²) in [7, 11) is 0. The third kappa shape index (κ3) is 3.64. The molecule has 0 aliphatic carbocycles. The zero-order valence-electron chi connectivity index (χ0n) is 6.72. The van der Waals surface area contributed by atoms with Crippen LogP contribution < -0.4 is 0 Å². The molecule has 11 heavy (non-hydrogen) atoms. The normalized spacial score (nSPS) is 30.5. The second-order valence-corrected chi connectivity index (χ2v) is 4.40. The number of ether oxygens (including phenoxy) is 1. The molecule has 1 nitrogen and oxygen atoms in total. The quantitative estimate of drug-likeness (QED) is 0.629. The highest BCUT2D eigenvalue weighted by atomic mass is 35.5. The Morgan fingerprint density at radius 2 is 2.18 bits per heavy atom. The van der Waals surface area contributed by atoms with E-state index in [-0.39, 0.29) is 4.84 Å². The van der Waals surface area contributed by atoms with E-state index in [2.05, 4.69) is 6.92 Å². The second-order valence-electron chi connectivity index (χ2n) is 3.13. The lowest BCUT2D eigenvalue weighted by molar-refractivity contribution is -0.117. The minimum Gasteiger partial charge on any atom is -0.375 e. The Morgan fingerprint density at radius 1 is 1.55 bits per heavy atom. The van der Waals surface area contributed by atoms with Crippen molar-refractivity contribution >= 4 is 23.2 Å². The van der Waals surface area contributed by atoms with Crippen molar-refractivity contribution in [2.45, 2.75) is 49.7 Å². The highest BCUT2D eigenvalue weighted by Gasteiger charge is 2.25. The van der Waals surface area contributed by atoms with E-state index in [1.165, 1.54) is 6.42 Å². The largest absolute Gasteiger partial charge is 0.375 e. The molecule has 0 saturated carbocycles. The SMILES string of the molecule is C[C@@H]1C[C@@H](CCCC(Cl)Cl)O1. The summed E-state index contributed by atoms with van der Waals surface area (Å²) in [6, 6.07) is 0. The highest BCUT2D eigenvalue weighted by Crippen LogP contribution is 2.25. The van der Waals surface area contributed by atoms with Crippen molar-refractivity contribution in [1.82, 2.24) is 0 Å². The molecule has 1 heterocycles. The summed E-state index contributed by atoms with van der Waals surface area (Å²) in [6.07, 6.45) is 5.24. The predicted molar refractivity (Wildman–Crippen MR) is 48.3 cm³/mol. The number of hydrogen-bond donors (Lipinski definition) is 0. The van der Waals surface area contributed by atoms with Crippen LogP contribution in [0.25, 0.3) is 0 Å². The Bertz CT molecular complexity index is 111. The molecule has 0 unspecified atom stereocenters. The van der Waals surface area contributed by atoms with Crippen molar-refractivity contribution in [2.75, 3.05) is 0 Å². The van der Waals surface area contributed by atoms with Gasteiger partial charge in [-0.15, -0.1) is 23.2 Å². The summed E-state index contributed by atoms with van der Waals surface area (Å²) >= 11 is 11.2. The third-order valence-corrected chi connectivity index (χ3v) is 2.40. The number of halogens is 2. The minimum atomic E-state index is -0.201. The average Bonchev–Trinajstić information content (AvgIpc) is 1.83. The van der Waals surface area contributed by atoms with Gasteiger partial charge in [0.25, 0.3) is 0 Å². The lowest BCUT2D eigenvalue weighted by Gasteiger charge is -2.33. The van der Waals surface area contributed by atoms with Gasteiger partial charge in [0.2, 0.25) is 0 Å². The van der Waals surface area contributed by atoms with E-state index in [0.717, 1.165) is 19.3 Å². The van der Waals surface area contributed by atoms with Crippen LogP contribution in [0, 0.1) is 0 Å². The smallest absolute Gasteiger partial charge is 0.107 e. The summed E-state index contributed by atoms with van der Waals surface area (Å²) in [6.45, 7) is 2.10. The molecule has 3 heteroatoms. The van der Waals surface area contributed by atoms with Crippen LogP contribution in [0.1, 0.15) is 32.6 Å². The molecule has 2 atom stereocenters. The molecule has 0 aromatic rings. The van der Waals surface area contributed by atoms with Crippen LogP contribution >= 0.6 is 23.2 Å². The Hall–Kier alpha value is 0.540. The van der Waals surface area contributed by atoms with Crippen LogP contribution in [0.15, 0.2) is 0 Å². The van der Waals surface area contributed by atoms with Gasteiger partial charge in [-0.3, -0.25) is 0 Å². The van der Waals surface area contributed by atoms with Crippen LogP contribution in [0.4, 0.5) is 0 Å². The standard InChI is InChI=1S/C8H14Cl2O/c1-6-5-7(11-6)3-2-4-8(9)10/h6-8H,2-5H2,1H3/t6-,7-/m1/s1. The lowest BCUT2D eigenvalue weighted by atomic mass is 10.0. The van der Waals surface area contributed by atoms with Crippen molar-refractivity contribution < 1.29 is 4.74 Å². The lowest BCUT2D eigenvalue weighted by Crippen LogP contribution is -2.34. The van der Waals surface area contributed by atoms with E-state index in [4.69, 9.17) is 27.9 Å². The van der Waals surface area contributed by atoms with E-state index in [0.29, 0.717) is 12.2 Å². The molecule has 1 saturated heterocycles. The highest BCUT2D eigenvalue weighted by molar-refractivity contribution is 6.44. The van der Waals surface area contributed by atoms with Crippen LogP contribution in [-0.2, 0) is 4.74 Å². The first-order valence-electron chi connectivity index (χ1n) is 4.12. The van der Waals surface area contributed by atoms with Crippen molar-refractivity contribution in [3.63, 3.8) is 0 Å². The van der Waals surface area contributed by atoms with Gasteiger partial charge in [0.1, 0.15) is 4.84 Å². The van der Waals surface area contributed by atoms with E-state index in [1.54, 1.807) is 0 Å². The average molecular weight is 197 g/mol. The molecular weight excluding hydrogens is 183 g/mol. The van der Waals surface area contributed by atoms with Gasteiger partial charge in [0, 0.05) is 0 Å². The van der Waals surface area contributed by atoms with Crippen LogP contribution in [0.2, 0.25) is 0 Å². The molecule has 1 fully saturated rings. The summed E-state index contributed by atoms with van der Waals surface area (Å²) in [5.41, 5.74) is 0. The van der Waals surface area contributed by atoms with Gasteiger partial charge >= 0.3 is 0 Å². The van der Waals surface area contributed by atoms with Gasteiger partial charge < -0.3 is 4.74 Å². The Kier molecular flexibility index (Phi) is 3.97. The molecule has 0 radical (unpaired) electrons. The van der Waals surface area contributed by atoms with Gasteiger partial charge in [0.15, 0.2) is 0 Å². The number of alkyl halides is 2. The maximum absolute atomic E-state index is 5.58. The first kappa shape index (κ1) is 9.63. The van der Waals surface area contributed by atoms with E-state index < -0.39 is 0 Å². The number of rotatable bonds is 4. The fraction of sp³-hybridized carbons (Fsp3) is 1.00. The van der Waals surface area contributed by atoms with E-state index in [1.807, 2.05) is 0 Å². The van der Waals surface area contributed by atoms with Crippen molar-refractivity contribution in [2.24, 2.45) is 0 Å². The molecule has 0 amide bonds. The third-order valence-electron chi connectivity index (χ3n) is 1.97. The summed E-state index contributed by atoms with van der Waals surface area (Å²) in [4.78, 5) is -0.201. The maximum Gasteiger partial charge on any atom is 0.107 e. The zero-order chi connectivity index (χ0) is 8.27. The van der Waals surface area contributed by atoms with Crippen LogP contribution in [0.3, 0.4) is 0 Å². The van der Waals surface area contributed by atoms with Gasteiger partial charge in [-0.1, -0.05) is 0 Å². The van der Waals surface area contributed by atoms with Gasteiger partial charge in [-0.2, -0.15) is 0 Å². The van der Waals surface area contributed by atoms with Crippen molar-refractivity contribution in [3.05, 3.63) is 0 Å². The Morgan fingerprint density at radius 3 is 2.64 bits per heavy atom. The molecule has 0 spiro atoms. The molecule has 0 aromatic heterocycles. The maximum atomic E-state index is 5.58. The molecule has 0 aromatic carbocycles. The Labute approximate surface area is 78.0 Å². The predicted octanol–water partition coefficient (Wildman–Crippen LogP) is 3.14. The molecule has 1 aliphatic rings. The van der Waals surface area contributed by atoms with E-state index >= 15 is 0 Å². The van der Waals surface area contributed by atoms with Gasteiger partial charge in [0.05, 0.1) is 12.2 Å². The molecular formula is C8H14Cl2O. The first-order chi connectivity index (χ1) is 5.18. The van der Waals surface area contributed by atoms with Gasteiger partial charge in [-0.25, -0.2) is 0 Å². The topological polar surface area (TPSA) is 9.23 Å². The molecule has 0 bridgehead atoms. The fourth-order valence-electron chi connectivity index (χ4n) is 1.37. The van der Waals surface area contributed by atoms with Crippen molar-refractivity contribution in [1.29, 1.82) is 0 Å². The molecule has 66 valence electrons. The fourth-order valence-corrected chi connectivity index (χ4v) is 1.68. The second kappa shape index (κ2) is 4.54. The molecule has 1 aliphatic heterocycles. The molecule has 0 N–H and O–H groups in total. The van der Waals surface area contributed by atoms with Crippen LogP contribution in [-0.4, -0.2) is 17.0 Å². The zero-order valence-corrected chi connectivity index (χ0v) is 8.24. The number of hydrogen-bond acceptors (Lipinski definition) is 1. The minimum absolute atomic E-state index is 0.201. The van der Waals surface area contributed by atoms with E-state index in [9.17, 15) is 0 Å². The van der Waals surface area contributed by atoms with Gasteiger partial charge in [-0.05, 0) is 32.6 Å². The van der Waals surface area contributed by atoms with Crippen LogP contribution in [0.5, 0.6) is 0 Å². The summed E-state index contributed by atoms with van der Waals surface area (Å²) in [5, 5.41) is 0. The summed E-state index contributed by atoms with van der Waals surface area (Å²) < 4.78 is 5.43. The Balaban J connectivity index is 1.89. The molecule has 1 rings (SSSR count). The monoisotopic (exact) mass is 196 g/mol. The summed E-state index contributed by atoms with van der Waals surface area (Å²) in [5.74, 6) is 0. The first-order valence-corrected chi connectivity index (χ1v) is 4.99.